The van der Waals surface area contributed by atoms with Gasteiger partial charge in [0.1, 0.15) is 12.4 Å². The molecule has 0 spiro atoms. The fourth-order valence-electron chi connectivity index (χ4n) is 3.11. The number of hydrogen-bond acceptors (Lipinski definition) is 4. The summed E-state index contributed by atoms with van der Waals surface area (Å²) in [4.78, 5) is 32.0. The Morgan fingerprint density at radius 3 is 2.25 bits per heavy atom. The maximum atomic E-state index is 12.6. The number of aromatic nitrogens is 2. The predicted molar refractivity (Wildman–Crippen MR) is 109 cm³/mol. The monoisotopic (exact) mass is 376 g/mol. The average Bonchev–Trinajstić information content (AvgIpc) is 2.68. The number of Topliss-reactive ketones (excluding diaryl/α,β-unsaturated/α-hetero) is 1. The van der Waals surface area contributed by atoms with Crippen molar-refractivity contribution in [2.45, 2.75) is 39.2 Å². The molecule has 3 rings (SSSR count). The zero-order chi connectivity index (χ0) is 20.1. The zero-order valence-electron chi connectivity index (χ0n) is 16.4. The Bertz CT molecular complexity index is 1010. The molecular formula is C23H24N2O3. The number of aromatic amines is 1. The lowest BCUT2D eigenvalue weighted by Gasteiger charge is -2.25. The van der Waals surface area contributed by atoms with E-state index in [0.29, 0.717) is 12.2 Å². The number of carbonyl (C=O) groups is 1. The Morgan fingerprint density at radius 2 is 1.64 bits per heavy atom. The van der Waals surface area contributed by atoms with Crippen LogP contribution in [0.5, 0.6) is 5.75 Å². The van der Waals surface area contributed by atoms with Crippen molar-refractivity contribution in [3.8, 4) is 5.75 Å². The summed E-state index contributed by atoms with van der Waals surface area (Å²) in [6, 6.07) is 19.5. The van der Waals surface area contributed by atoms with Gasteiger partial charge in [-0.2, -0.15) is 0 Å². The quantitative estimate of drug-likeness (QED) is 0.631. The molecular weight excluding hydrogens is 352 g/mol. The van der Waals surface area contributed by atoms with E-state index in [4.69, 9.17) is 4.74 Å². The molecule has 0 aliphatic heterocycles. The van der Waals surface area contributed by atoms with Crippen LogP contribution < -0.4 is 10.3 Å². The van der Waals surface area contributed by atoms with Crippen LogP contribution in [0.25, 0.3) is 0 Å². The lowest BCUT2D eigenvalue weighted by Crippen LogP contribution is -2.26. The van der Waals surface area contributed by atoms with Crippen molar-refractivity contribution in [1.82, 2.24) is 9.97 Å². The molecule has 0 amide bonds. The first kappa shape index (κ1) is 19.5. The SMILES string of the molecule is CC(=O)c1nc(CC(C)(C)c2ccccc2)[nH]c(=O)c1OCc1ccccc1. The summed E-state index contributed by atoms with van der Waals surface area (Å²) in [5.74, 6) is 0.140. The topological polar surface area (TPSA) is 72.0 Å². The number of ether oxygens (including phenoxy) is 1. The maximum absolute atomic E-state index is 12.6. The summed E-state index contributed by atoms with van der Waals surface area (Å²) < 4.78 is 5.66. The largest absolute Gasteiger partial charge is 0.481 e. The van der Waals surface area contributed by atoms with Gasteiger partial charge in [0, 0.05) is 13.3 Å². The molecule has 0 bridgehead atoms. The summed E-state index contributed by atoms with van der Waals surface area (Å²) in [5, 5.41) is 0. The fourth-order valence-corrected chi connectivity index (χ4v) is 3.11. The third-order valence-electron chi connectivity index (χ3n) is 4.65. The number of rotatable bonds is 7. The van der Waals surface area contributed by atoms with Crippen LogP contribution in [0.2, 0.25) is 0 Å². The maximum Gasteiger partial charge on any atom is 0.294 e. The molecule has 1 N–H and O–H groups in total. The summed E-state index contributed by atoms with van der Waals surface area (Å²) in [6.45, 7) is 5.75. The van der Waals surface area contributed by atoms with E-state index in [1.807, 2.05) is 60.7 Å². The lowest BCUT2D eigenvalue weighted by molar-refractivity contribution is 0.100. The van der Waals surface area contributed by atoms with Gasteiger partial charge in [0.15, 0.2) is 11.5 Å². The van der Waals surface area contributed by atoms with E-state index in [0.717, 1.165) is 11.1 Å². The van der Waals surface area contributed by atoms with Gasteiger partial charge in [-0.15, -0.1) is 0 Å². The second kappa shape index (κ2) is 8.21. The number of ketones is 1. The predicted octanol–water partition coefficient (Wildman–Crippen LogP) is 4.07. The molecule has 0 fully saturated rings. The smallest absolute Gasteiger partial charge is 0.294 e. The third-order valence-corrected chi connectivity index (χ3v) is 4.65. The van der Waals surface area contributed by atoms with Gasteiger partial charge in [0.2, 0.25) is 5.75 Å². The molecule has 28 heavy (non-hydrogen) atoms. The van der Waals surface area contributed by atoms with E-state index in [9.17, 15) is 9.59 Å². The average molecular weight is 376 g/mol. The van der Waals surface area contributed by atoms with E-state index in [1.165, 1.54) is 6.92 Å². The molecule has 2 aromatic carbocycles. The van der Waals surface area contributed by atoms with Gasteiger partial charge in [-0.25, -0.2) is 4.98 Å². The Morgan fingerprint density at radius 1 is 1.04 bits per heavy atom. The van der Waals surface area contributed by atoms with Gasteiger partial charge in [0.25, 0.3) is 5.56 Å². The number of hydrogen-bond donors (Lipinski definition) is 1. The van der Waals surface area contributed by atoms with Gasteiger partial charge < -0.3 is 9.72 Å². The molecule has 0 radical (unpaired) electrons. The van der Waals surface area contributed by atoms with E-state index >= 15 is 0 Å². The first-order chi connectivity index (χ1) is 13.4. The lowest BCUT2D eigenvalue weighted by atomic mass is 9.81. The summed E-state index contributed by atoms with van der Waals surface area (Å²) in [5.41, 5.74) is 1.42. The van der Waals surface area contributed by atoms with E-state index in [1.54, 1.807) is 0 Å². The highest BCUT2D eigenvalue weighted by Gasteiger charge is 2.24. The summed E-state index contributed by atoms with van der Waals surface area (Å²) in [7, 11) is 0. The Labute approximate surface area is 164 Å². The van der Waals surface area contributed by atoms with Crippen molar-refractivity contribution in [3.63, 3.8) is 0 Å². The molecule has 0 saturated heterocycles. The third kappa shape index (κ3) is 4.55. The van der Waals surface area contributed by atoms with Crippen LogP contribution in [0, 0.1) is 0 Å². The van der Waals surface area contributed by atoms with E-state index < -0.39 is 5.56 Å². The highest BCUT2D eigenvalue weighted by Crippen LogP contribution is 2.26. The fraction of sp³-hybridized carbons (Fsp3) is 0.261. The number of nitrogens with one attached hydrogen (secondary N) is 1. The van der Waals surface area contributed by atoms with Crippen LogP contribution in [0.1, 0.15) is 48.2 Å². The number of benzene rings is 2. The molecule has 5 nitrogen and oxygen atoms in total. The van der Waals surface area contributed by atoms with Crippen LogP contribution in [-0.2, 0) is 18.4 Å². The molecule has 0 aliphatic carbocycles. The van der Waals surface area contributed by atoms with E-state index in [-0.39, 0.29) is 29.2 Å². The van der Waals surface area contributed by atoms with Crippen molar-refractivity contribution in [3.05, 3.63) is 93.7 Å². The van der Waals surface area contributed by atoms with Gasteiger partial charge in [-0.05, 0) is 16.5 Å². The molecule has 144 valence electrons. The highest BCUT2D eigenvalue weighted by atomic mass is 16.5. The van der Waals surface area contributed by atoms with Crippen LogP contribution in [0.4, 0.5) is 0 Å². The number of H-pyrrole nitrogens is 1. The molecule has 0 saturated carbocycles. The Kier molecular flexibility index (Phi) is 5.73. The van der Waals surface area contributed by atoms with Gasteiger partial charge in [0.05, 0.1) is 0 Å². The summed E-state index contributed by atoms with van der Waals surface area (Å²) >= 11 is 0. The van der Waals surface area contributed by atoms with Gasteiger partial charge in [-0.3, -0.25) is 9.59 Å². The number of carbonyl (C=O) groups excluding carboxylic acids is 1. The second-order valence-electron chi connectivity index (χ2n) is 7.45. The summed E-state index contributed by atoms with van der Waals surface area (Å²) in [6.07, 6.45) is 0.492. The molecule has 0 atom stereocenters. The Hall–Kier alpha value is -3.21. The Balaban J connectivity index is 1.88. The first-order valence-corrected chi connectivity index (χ1v) is 9.23. The van der Waals surface area contributed by atoms with Crippen molar-refractivity contribution in [2.24, 2.45) is 0 Å². The molecule has 5 heteroatoms. The van der Waals surface area contributed by atoms with Crippen LogP contribution >= 0.6 is 0 Å². The molecule has 0 unspecified atom stereocenters. The van der Waals surface area contributed by atoms with Gasteiger partial charge in [-0.1, -0.05) is 74.5 Å². The van der Waals surface area contributed by atoms with Crippen molar-refractivity contribution >= 4 is 5.78 Å². The molecule has 0 aliphatic rings. The van der Waals surface area contributed by atoms with Crippen LogP contribution in [-0.4, -0.2) is 15.8 Å². The minimum absolute atomic E-state index is 0.0300. The number of nitrogens with zero attached hydrogens (tertiary/aromatic N) is 1. The normalized spacial score (nSPS) is 11.2. The van der Waals surface area contributed by atoms with Crippen LogP contribution in [0.15, 0.2) is 65.5 Å². The first-order valence-electron chi connectivity index (χ1n) is 9.23. The second-order valence-corrected chi connectivity index (χ2v) is 7.45. The van der Waals surface area contributed by atoms with E-state index in [2.05, 4.69) is 23.8 Å². The van der Waals surface area contributed by atoms with Crippen LogP contribution in [0.3, 0.4) is 0 Å². The standard InChI is InChI=1S/C23H24N2O3/c1-16(26)20-21(28-15-17-10-6-4-7-11-17)22(27)25-19(24-20)14-23(2,3)18-12-8-5-9-13-18/h4-13H,14-15H2,1-3H3,(H,24,25,27). The molecule has 1 aromatic heterocycles. The zero-order valence-corrected chi connectivity index (χ0v) is 16.4. The minimum atomic E-state index is -0.435. The van der Waals surface area contributed by atoms with Crippen molar-refractivity contribution < 1.29 is 9.53 Å². The molecule has 3 aromatic rings. The van der Waals surface area contributed by atoms with Gasteiger partial charge >= 0.3 is 0 Å². The van der Waals surface area contributed by atoms with Crippen molar-refractivity contribution in [1.29, 1.82) is 0 Å². The highest BCUT2D eigenvalue weighted by molar-refractivity contribution is 5.94. The minimum Gasteiger partial charge on any atom is -0.481 e. The molecule has 1 heterocycles. The van der Waals surface area contributed by atoms with Crippen molar-refractivity contribution in [2.75, 3.05) is 0 Å².